The number of carbonyl (C=O) groups excluding carboxylic acids is 1. The molecule has 0 aromatic heterocycles. The van der Waals surface area contributed by atoms with Crippen LogP contribution in [0.4, 0.5) is 13.2 Å². The number of ether oxygens (including phenoxy) is 1. The third-order valence-corrected chi connectivity index (χ3v) is 2.50. The van der Waals surface area contributed by atoms with Crippen molar-refractivity contribution in [3.05, 3.63) is 35.4 Å². The molecule has 19 heavy (non-hydrogen) atoms. The first kappa shape index (κ1) is 15.5. The normalized spacial score (nSPS) is 14.1. The van der Waals surface area contributed by atoms with E-state index in [1.165, 1.54) is 12.1 Å². The van der Waals surface area contributed by atoms with Crippen LogP contribution in [0.2, 0.25) is 0 Å². The maximum absolute atomic E-state index is 12.4. The van der Waals surface area contributed by atoms with Gasteiger partial charge < -0.3 is 4.74 Å². The van der Waals surface area contributed by atoms with Crippen molar-refractivity contribution in [3.8, 4) is 0 Å². The number of esters is 1. The summed E-state index contributed by atoms with van der Waals surface area (Å²) >= 11 is 0. The van der Waals surface area contributed by atoms with Gasteiger partial charge in [0, 0.05) is 0 Å². The lowest BCUT2D eigenvalue weighted by atomic mass is 9.99. The topological polar surface area (TPSA) is 26.3 Å². The fourth-order valence-electron chi connectivity index (χ4n) is 1.49. The van der Waals surface area contributed by atoms with E-state index >= 15 is 0 Å². The molecule has 1 aromatic carbocycles. The predicted octanol–water partition coefficient (Wildman–Crippen LogP) is 4.15. The molecule has 5 heteroatoms. The molecule has 0 radical (unpaired) electrons. The molecule has 0 amide bonds. The van der Waals surface area contributed by atoms with Crippen LogP contribution < -0.4 is 0 Å². The van der Waals surface area contributed by atoms with E-state index in [1.807, 2.05) is 0 Å². The smallest absolute Gasteiger partial charge is 0.416 e. The van der Waals surface area contributed by atoms with E-state index < -0.39 is 29.2 Å². The maximum atomic E-state index is 12.4. The van der Waals surface area contributed by atoms with Crippen molar-refractivity contribution >= 4 is 5.97 Å². The van der Waals surface area contributed by atoms with E-state index in [0.717, 1.165) is 12.1 Å². The number of hydrogen-bond donors (Lipinski definition) is 0. The van der Waals surface area contributed by atoms with E-state index in [2.05, 4.69) is 0 Å². The van der Waals surface area contributed by atoms with Crippen LogP contribution >= 0.6 is 0 Å². The molecule has 0 bridgehead atoms. The van der Waals surface area contributed by atoms with Gasteiger partial charge in [0.15, 0.2) is 0 Å². The lowest BCUT2D eigenvalue weighted by Gasteiger charge is -2.22. The molecule has 0 aliphatic heterocycles. The Morgan fingerprint density at radius 1 is 1.11 bits per heavy atom. The third kappa shape index (κ3) is 4.58. The minimum Gasteiger partial charge on any atom is -0.460 e. The van der Waals surface area contributed by atoms with Crippen molar-refractivity contribution in [2.45, 2.75) is 45.4 Å². The molecule has 0 saturated carbocycles. The van der Waals surface area contributed by atoms with Gasteiger partial charge in [-0.2, -0.15) is 13.2 Å². The van der Waals surface area contributed by atoms with Crippen LogP contribution in [0.5, 0.6) is 0 Å². The SMILES string of the molecule is CC(C(=O)OC(C)(C)C)c1ccc(C(F)(F)F)cc1. The lowest BCUT2D eigenvalue weighted by Crippen LogP contribution is -2.26. The Morgan fingerprint density at radius 3 is 1.95 bits per heavy atom. The third-order valence-electron chi connectivity index (χ3n) is 2.50. The summed E-state index contributed by atoms with van der Waals surface area (Å²) in [6.07, 6.45) is -4.37. The second kappa shape index (κ2) is 5.23. The van der Waals surface area contributed by atoms with Crippen LogP contribution in [0.15, 0.2) is 24.3 Å². The van der Waals surface area contributed by atoms with Crippen LogP contribution in [0.25, 0.3) is 0 Å². The average molecular weight is 274 g/mol. The second-order valence-electron chi connectivity index (χ2n) is 5.37. The van der Waals surface area contributed by atoms with Crippen LogP contribution in [0.3, 0.4) is 0 Å². The monoisotopic (exact) mass is 274 g/mol. The van der Waals surface area contributed by atoms with E-state index in [4.69, 9.17) is 4.74 Å². The number of halogens is 3. The molecule has 0 saturated heterocycles. The molecule has 106 valence electrons. The molecule has 1 aromatic rings. The van der Waals surface area contributed by atoms with E-state index in [-0.39, 0.29) is 0 Å². The zero-order valence-corrected chi connectivity index (χ0v) is 11.3. The van der Waals surface area contributed by atoms with Crippen molar-refractivity contribution in [3.63, 3.8) is 0 Å². The number of rotatable bonds is 2. The molecule has 0 fully saturated rings. The van der Waals surface area contributed by atoms with E-state index in [9.17, 15) is 18.0 Å². The standard InChI is InChI=1S/C14H17F3O2/c1-9(12(18)19-13(2,3)4)10-5-7-11(8-6-10)14(15,16)17/h5-9H,1-4H3. The van der Waals surface area contributed by atoms with Gasteiger partial charge in [0.1, 0.15) is 5.60 Å². The largest absolute Gasteiger partial charge is 0.460 e. The predicted molar refractivity (Wildman–Crippen MR) is 65.7 cm³/mol. The summed E-state index contributed by atoms with van der Waals surface area (Å²) in [5.74, 6) is -1.05. The van der Waals surface area contributed by atoms with Gasteiger partial charge in [0.2, 0.25) is 0 Å². The Kier molecular flexibility index (Phi) is 4.28. The van der Waals surface area contributed by atoms with Crippen LogP contribution in [-0.4, -0.2) is 11.6 Å². The number of alkyl halides is 3. The van der Waals surface area contributed by atoms with Gasteiger partial charge in [-0.1, -0.05) is 12.1 Å². The zero-order valence-electron chi connectivity index (χ0n) is 11.3. The van der Waals surface area contributed by atoms with Crippen molar-refractivity contribution in [2.75, 3.05) is 0 Å². The summed E-state index contributed by atoms with van der Waals surface area (Å²) in [5.41, 5.74) is -0.841. The Balaban J connectivity index is 2.84. The molecule has 2 nitrogen and oxygen atoms in total. The fraction of sp³-hybridized carbons (Fsp3) is 0.500. The first-order chi connectivity index (χ1) is 8.50. The highest BCUT2D eigenvalue weighted by molar-refractivity contribution is 5.78. The molecular weight excluding hydrogens is 257 g/mol. The Hall–Kier alpha value is -1.52. The summed E-state index contributed by atoms with van der Waals surface area (Å²) in [5, 5.41) is 0. The Bertz CT molecular complexity index is 441. The molecular formula is C14H17F3O2. The zero-order chi connectivity index (χ0) is 14.8. The number of carbonyl (C=O) groups is 1. The fourth-order valence-corrected chi connectivity index (χ4v) is 1.49. The first-order valence-electron chi connectivity index (χ1n) is 5.91. The summed E-state index contributed by atoms with van der Waals surface area (Å²) in [6, 6.07) is 4.54. The van der Waals surface area contributed by atoms with Crippen molar-refractivity contribution in [2.24, 2.45) is 0 Å². The summed E-state index contributed by atoms with van der Waals surface area (Å²) in [4.78, 5) is 11.8. The molecule has 0 aliphatic rings. The van der Waals surface area contributed by atoms with Crippen molar-refractivity contribution < 1.29 is 22.7 Å². The highest BCUT2D eigenvalue weighted by atomic mass is 19.4. The van der Waals surface area contributed by atoms with Gasteiger partial charge in [-0.15, -0.1) is 0 Å². The highest BCUT2D eigenvalue weighted by Gasteiger charge is 2.30. The molecule has 1 atom stereocenters. The van der Waals surface area contributed by atoms with Crippen LogP contribution in [0, 0.1) is 0 Å². The van der Waals surface area contributed by atoms with Crippen molar-refractivity contribution in [1.29, 1.82) is 0 Å². The van der Waals surface area contributed by atoms with Crippen LogP contribution in [-0.2, 0) is 15.7 Å². The highest BCUT2D eigenvalue weighted by Crippen LogP contribution is 2.30. The number of hydrogen-bond acceptors (Lipinski definition) is 2. The molecule has 1 unspecified atom stereocenters. The molecule has 0 aliphatic carbocycles. The quantitative estimate of drug-likeness (QED) is 0.757. The van der Waals surface area contributed by atoms with Gasteiger partial charge in [-0.05, 0) is 45.4 Å². The van der Waals surface area contributed by atoms with Gasteiger partial charge in [-0.25, -0.2) is 0 Å². The minimum absolute atomic E-state index is 0.452. The van der Waals surface area contributed by atoms with Gasteiger partial charge in [0.25, 0.3) is 0 Å². The molecule has 1 rings (SSSR count). The average Bonchev–Trinajstić information content (AvgIpc) is 2.24. The van der Waals surface area contributed by atoms with E-state index in [0.29, 0.717) is 5.56 Å². The van der Waals surface area contributed by atoms with Gasteiger partial charge in [-0.3, -0.25) is 4.79 Å². The lowest BCUT2D eigenvalue weighted by molar-refractivity contribution is -0.156. The molecule has 0 heterocycles. The van der Waals surface area contributed by atoms with Gasteiger partial charge >= 0.3 is 12.1 Å². The van der Waals surface area contributed by atoms with E-state index in [1.54, 1.807) is 27.7 Å². The van der Waals surface area contributed by atoms with Crippen LogP contribution in [0.1, 0.15) is 44.7 Å². The second-order valence-corrected chi connectivity index (χ2v) is 5.37. The number of benzene rings is 1. The Labute approximate surface area is 110 Å². The Morgan fingerprint density at radius 2 is 1.58 bits per heavy atom. The van der Waals surface area contributed by atoms with Crippen molar-refractivity contribution in [1.82, 2.24) is 0 Å². The van der Waals surface area contributed by atoms with Gasteiger partial charge in [0.05, 0.1) is 11.5 Å². The minimum atomic E-state index is -4.37. The molecule has 0 N–H and O–H groups in total. The summed E-state index contributed by atoms with van der Waals surface area (Å²) in [6.45, 7) is 6.83. The molecule has 0 spiro atoms. The summed E-state index contributed by atoms with van der Waals surface area (Å²) in [7, 11) is 0. The maximum Gasteiger partial charge on any atom is 0.416 e. The summed E-state index contributed by atoms with van der Waals surface area (Å²) < 4.78 is 42.4. The first-order valence-corrected chi connectivity index (χ1v) is 5.91.